The van der Waals surface area contributed by atoms with Gasteiger partial charge in [0, 0.05) is 12.2 Å². The minimum Gasteiger partial charge on any atom is -0.385 e. The first kappa shape index (κ1) is 14.3. The average molecular weight is 264 g/mol. The second-order valence-electron chi connectivity index (χ2n) is 5.87. The molecule has 1 saturated carbocycles. The average Bonchev–Trinajstić information content (AvgIpc) is 2.87. The van der Waals surface area contributed by atoms with Crippen molar-refractivity contribution in [2.24, 2.45) is 5.92 Å². The Morgan fingerprint density at radius 2 is 2.11 bits per heavy atom. The van der Waals surface area contributed by atoms with Crippen molar-refractivity contribution in [1.29, 1.82) is 0 Å². The van der Waals surface area contributed by atoms with E-state index in [1.807, 2.05) is 16.9 Å². The van der Waals surface area contributed by atoms with Gasteiger partial charge in [0.2, 0.25) is 0 Å². The van der Waals surface area contributed by atoms with Crippen molar-refractivity contribution in [2.45, 2.75) is 64.5 Å². The van der Waals surface area contributed by atoms with E-state index in [-0.39, 0.29) is 18.1 Å². The third-order valence-electron chi connectivity index (χ3n) is 3.97. The topological polar surface area (TPSA) is 55.1 Å². The van der Waals surface area contributed by atoms with Crippen LogP contribution in [0, 0.1) is 5.92 Å². The number of aromatic nitrogens is 2. The summed E-state index contributed by atoms with van der Waals surface area (Å²) in [5.74, 6) is 0.0781. The fourth-order valence-corrected chi connectivity index (χ4v) is 2.76. The standard InChI is InChI=1S/C15H24N2O2/c1-11(2)17-9-8-13(16-17)10-14(18)15(19)12-6-4-3-5-7-12/h8-9,11-12,15,19H,3-7,10H2,1-2H3. The Labute approximate surface area is 114 Å². The van der Waals surface area contributed by atoms with E-state index in [9.17, 15) is 9.90 Å². The molecule has 0 aliphatic heterocycles. The van der Waals surface area contributed by atoms with Crippen LogP contribution in [0.2, 0.25) is 0 Å². The third-order valence-corrected chi connectivity index (χ3v) is 3.97. The number of hydrogen-bond acceptors (Lipinski definition) is 3. The van der Waals surface area contributed by atoms with Crippen LogP contribution in [-0.4, -0.2) is 26.8 Å². The monoisotopic (exact) mass is 264 g/mol. The predicted molar refractivity (Wildman–Crippen MR) is 73.9 cm³/mol. The van der Waals surface area contributed by atoms with Crippen LogP contribution < -0.4 is 0 Å². The van der Waals surface area contributed by atoms with E-state index < -0.39 is 6.10 Å². The van der Waals surface area contributed by atoms with Crippen molar-refractivity contribution in [2.75, 3.05) is 0 Å². The van der Waals surface area contributed by atoms with Crippen molar-refractivity contribution >= 4 is 5.78 Å². The zero-order valence-corrected chi connectivity index (χ0v) is 11.9. The number of carbonyl (C=O) groups excluding carboxylic acids is 1. The number of Topliss-reactive ketones (excluding diaryl/α,β-unsaturated/α-hetero) is 1. The first-order valence-corrected chi connectivity index (χ1v) is 7.32. The van der Waals surface area contributed by atoms with Gasteiger partial charge in [-0.2, -0.15) is 5.10 Å². The summed E-state index contributed by atoms with van der Waals surface area (Å²) < 4.78 is 1.84. The van der Waals surface area contributed by atoms with Crippen LogP contribution in [0.5, 0.6) is 0 Å². The number of nitrogens with zero attached hydrogens (tertiary/aromatic N) is 2. The molecule has 0 amide bonds. The fraction of sp³-hybridized carbons (Fsp3) is 0.733. The van der Waals surface area contributed by atoms with Crippen LogP contribution in [0.4, 0.5) is 0 Å². The number of hydrogen-bond donors (Lipinski definition) is 1. The van der Waals surface area contributed by atoms with Gasteiger partial charge < -0.3 is 5.11 Å². The smallest absolute Gasteiger partial charge is 0.167 e. The molecule has 1 aliphatic carbocycles. The van der Waals surface area contributed by atoms with Crippen LogP contribution in [0.25, 0.3) is 0 Å². The molecule has 106 valence electrons. The maximum Gasteiger partial charge on any atom is 0.167 e. The van der Waals surface area contributed by atoms with Crippen molar-refractivity contribution in [3.8, 4) is 0 Å². The SMILES string of the molecule is CC(C)n1ccc(CC(=O)C(O)C2CCCCC2)n1. The Hall–Kier alpha value is -1.16. The summed E-state index contributed by atoms with van der Waals surface area (Å²) >= 11 is 0. The Bertz CT molecular complexity index is 420. The van der Waals surface area contributed by atoms with Crippen LogP contribution >= 0.6 is 0 Å². The highest BCUT2D eigenvalue weighted by Crippen LogP contribution is 2.27. The summed E-state index contributed by atoms with van der Waals surface area (Å²) in [5.41, 5.74) is 0.758. The molecule has 1 atom stereocenters. The fourth-order valence-electron chi connectivity index (χ4n) is 2.76. The van der Waals surface area contributed by atoms with Gasteiger partial charge in [-0.15, -0.1) is 0 Å². The second-order valence-corrected chi connectivity index (χ2v) is 5.87. The van der Waals surface area contributed by atoms with Gasteiger partial charge in [-0.1, -0.05) is 19.3 Å². The lowest BCUT2D eigenvalue weighted by Crippen LogP contribution is -2.32. The first-order chi connectivity index (χ1) is 9.08. The molecule has 1 fully saturated rings. The molecular formula is C15H24N2O2. The zero-order chi connectivity index (χ0) is 13.8. The molecule has 1 aliphatic rings. The molecular weight excluding hydrogens is 240 g/mol. The summed E-state index contributed by atoms with van der Waals surface area (Å²) in [6, 6.07) is 2.16. The number of aliphatic hydroxyl groups excluding tert-OH is 1. The zero-order valence-electron chi connectivity index (χ0n) is 11.9. The molecule has 0 aromatic carbocycles. The summed E-state index contributed by atoms with van der Waals surface area (Å²) in [6.07, 6.45) is 6.80. The first-order valence-electron chi connectivity index (χ1n) is 7.32. The Kier molecular flexibility index (Phi) is 4.75. The normalized spacial score (nSPS) is 18.7. The summed E-state index contributed by atoms with van der Waals surface area (Å²) in [5, 5.41) is 14.5. The number of ketones is 1. The molecule has 1 N–H and O–H groups in total. The quantitative estimate of drug-likeness (QED) is 0.889. The van der Waals surface area contributed by atoms with Gasteiger partial charge >= 0.3 is 0 Å². The molecule has 2 rings (SSSR count). The highest BCUT2D eigenvalue weighted by molar-refractivity contribution is 5.84. The van der Waals surface area contributed by atoms with Gasteiger partial charge in [-0.05, 0) is 38.7 Å². The van der Waals surface area contributed by atoms with Gasteiger partial charge in [-0.3, -0.25) is 9.48 Å². The molecule has 1 unspecified atom stereocenters. The lowest BCUT2D eigenvalue weighted by molar-refractivity contribution is -0.129. The Morgan fingerprint density at radius 3 is 2.68 bits per heavy atom. The van der Waals surface area contributed by atoms with Gasteiger partial charge in [0.25, 0.3) is 0 Å². The van der Waals surface area contributed by atoms with E-state index in [1.54, 1.807) is 0 Å². The van der Waals surface area contributed by atoms with Crippen LogP contribution in [0.15, 0.2) is 12.3 Å². The van der Waals surface area contributed by atoms with Crippen LogP contribution in [0.1, 0.15) is 57.7 Å². The number of rotatable bonds is 5. The summed E-state index contributed by atoms with van der Waals surface area (Å²) in [4.78, 5) is 12.1. The maximum atomic E-state index is 12.1. The highest BCUT2D eigenvalue weighted by Gasteiger charge is 2.27. The predicted octanol–water partition coefficient (Wildman–Crippen LogP) is 2.52. The van der Waals surface area contributed by atoms with Crippen LogP contribution in [0.3, 0.4) is 0 Å². The Morgan fingerprint density at radius 1 is 1.42 bits per heavy atom. The maximum absolute atomic E-state index is 12.1. The van der Waals surface area contributed by atoms with E-state index in [4.69, 9.17) is 0 Å². The van der Waals surface area contributed by atoms with Crippen LogP contribution in [-0.2, 0) is 11.2 Å². The van der Waals surface area contributed by atoms with Gasteiger partial charge in [0.05, 0.1) is 12.1 Å². The largest absolute Gasteiger partial charge is 0.385 e. The summed E-state index contributed by atoms with van der Waals surface area (Å²) in [7, 11) is 0. The molecule has 1 aromatic rings. The van der Waals surface area contributed by atoms with E-state index in [2.05, 4.69) is 18.9 Å². The molecule has 4 nitrogen and oxygen atoms in total. The van der Waals surface area contributed by atoms with Gasteiger partial charge in [-0.25, -0.2) is 0 Å². The number of carbonyl (C=O) groups is 1. The molecule has 0 saturated heterocycles. The molecule has 0 bridgehead atoms. The second kappa shape index (κ2) is 6.33. The molecule has 1 aromatic heterocycles. The lowest BCUT2D eigenvalue weighted by atomic mass is 9.83. The minimum absolute atomic E-state index is 0.0825. The van der Waals surface area contributed by atoms with E-state index >= 15 is 0 Å². The van der Waals surface area contributed by atoms with E-state index in [0.29, 0.717) is 6.04 Å². The number of aliphatic hydroxyl groups is 1. The van der Waals surface area contributed by atoms with Crippen molar-refractivity contribution < 1.29 is 9.90 Å². The van der Waals surface area contributed by atoms with Crippen molar-refractivity contribution in [3.63, 3.8) is 0 Å². The molecule has 4 heteroatoms. The minimum atomic E-state index is -0.801. The van der Waals surface area contributed by atoms with E-state index in [0.717, 1.165) is 31.4 Å². The Balaban J connectivity index is 1.91. The van der Waals surface area contributed by atoms with Crippen molar-refractivity contribution in [1.82, 2.24) is 9.78 Å². The molecule has 1 heterocycles. The van der Waals surface area contributed by atoms with Crippen molar-refractivity contribution in [3.05, 3.63) is 18.0 Å². The van der Waals surface area contributed by atoms with E-state index in [1.165, 1.54) is 6.42 Å². The van der Waals surface area contributed by atoms with Gasteiger partial charge in [0.1, 0.15) is 6.10 Å². The third kappa shape index (κ3) is 3.66. The molecule has 19 heavy (non-hydrogen) atoms. The van der Waals surface area contributed by atoms with Gasteiger partial charge in [0.15, 0.2) is 5.78 Å². The lowest BCUT2D eigenvalue weighted by Gasteiger charge is -2.25. The summed E-state index contributed by atoms with van der Waals surface area (Å²) in [6.45, 7) is 4.10. The highest BCUT2D eigenvalue weighted by atomic mass is 16.3. The molecule has 0 radical (unpaired) electrons. The molecule has 0 spiro atoms.